The second-order valence-corrected chi connectivity index (χ2v) is 5.06. The van der Waals surface area contributed by atoms with Gasteiger partial charge in [0.1, 0.15) is 6.04 Å². The third kappa shape index (κ3) is 2.61. The number of rotatable bonds is 2. The molecule has 19 heavy (non-hydrogen) atoms. The summed E-state index contributed by atoms with van der Waals surface area (Å²) >= 11 is 0. The highest BCUT2D eigenvalue weighted by molar-refractivity contribution is 5.96. The Labute approximate surface area is 111 Å². The predicted molar refractivity (Wildman–Crippen MR) is 71.9 cm³/mol. The molecule has 0 saturated carbocycles. The molecule has 1 heterocycles. The fraction of sp³-hybridized carbons (Fsp3) is 0.429. The highest BCUT2D eigenvalue weighted by atomic mass is 16.2. The van der Waals surface area contributed by atoms with E-state index in [1.807, 2.05) is 6.07 Å². The number of carbonyl (C=O) groups is 2. The van der Waals surface area contributed by atoms with Crippen LogP contribution in [0.2, 0.25) is 0 Å². The highest BCUT2D eigenvalue weighted by Crippen LogP contribution is 2.24. The average molecular weight is 259 g/mol. The van der Waals surface area contributed by atoms with Crippen LogP contribution < -0.4 is 16.0 Å². The molecule has 100 valence electrons. The van der Waals surface area contributed by atoms with Crippen molar-refractivity contribution in [1.82, 2.24) is 10.6 Å². The number of hydrogen-bond donors (Lipinski definition) is 3. The van der Waals surface area contributed by atoms with Crippen molar-refractivity contribution in [2.75, 3.05) is 18.4 Å². The number of piperazine rings is 1. The Hall–Kier alpha value is -1.88. The SMILES string of the molecule is O=C1CNC(C(=O)Nc2ccc3c(c2)CCC3)CN1. The number of carbonyl (C=O) groups excluding carboxylic acids is 2. The first kappa shape index (κ1) is 12.2. The zero-order valence-corrected chi connectivity index (χ0v) is 10.7. The van der Waals surface area contributed by atoms with Gasteiger partial charge in [-0.1, -0.05) is 6.07 Å². The minimum Gasteiger partial charge on any atom is -0.353 e. The summed E-state index contributed by atoms with van der Waals surface area (Å²) in [4.78, 5) is 23.1. The fourth-order valence-electron chi connectivity index (χ4n) is 2.63. The molecule has 0 bridgehead atoms. The summed E-state index contributed by atoms with van der Waals surface area (Å²) < 4.78 is 0. The van der Waals surface area contributed by atoms with E-state index in [4.69, 9.17) is 0 Å². The molecule has 1 aromatic carbocycles. The van der Waals surface area contributed by atoms with Crippen LogP contribution in [-0.2, 0) is 22.4 Å². The predicted octanol–water partition coefficient (Wildman–Crippen LogP) is 0.202. The second kappa shape index (κ2) is 5.01. The average Bonchev–Trinajstić information content (AvgIpc) is 2.87. The molecule has 1 aliphatic carbocycles. The van der Waals surface area contributed by atoms with Crippen molar-refractivity contribution in [1.29, 1.82) is 0 Å². The molecule has 0 radical (unpaired) electrons. The minimum absolute atomic E-state index is 0.0680. The van der Waals surface area contributed by atoms with Crippen LogP contribution in [0.4, 0.5) is 5.69 Å². The van der Waals surface area contributed by atoms with Crippen molar-refractivity contribution in [2.45, 2.75) is 25.3 Å². The van der Waals surface area contributed by atoms with Crippen LogP contribution in [0, 0.1) is 0 Å². The standard InChI is InChI=1S/C14H17N3O2/c18-13-8-15-12(7-16-13)14(19)17-11-5-4-9-2-1-3-10(9)6-11/h4-6,12,15H,1-3,7-8H2,(H,16,18)(H,17,19). The largest absolute Gasteiger partial charge is 0.353 e. The molecule has 2 aliphatic rings. The summed E-state index contributed by atoms with van der Waals surface area (Å²) in [5.74, 6) is -0.167. The van der Waals surface area contributed by atoms with Crippen LogP contribution >= 0.6 is 0 Å². The van der Waals surface area contributed by atoms with Crippen molar-refractivity contribution in [3.63, 3.8) is 0 Å². The van der Waals surface area contributed by atoms with Crippen molar-refractivity contribution < 1.29 is 9.59 Å². The Bertz CT molecular complexity index is 517. The first-order valence-electron chi connectivity index (χ1n) is 6.65. The van der Waals surface area contributed by atoms with Gasteiger partial charge in [0.15, 0.2) is 0 Å². The molecular formula is C14H17N3O2. The summed E-state index contributed by atoms with van der Waals surface area (Å²) in [6.45, 7) is 0.540. The minimum atomic E-state index is -0.356. The van der Waals surface area contributed by atoms with Gasteiger partial charge in [-0.05, 0) is 42.5 Å². The summed E-state index contributed by atoms with van der Waals surface area (Å²) in [7, 11) is 0. The molecule has 0 spiro atoms. The van der Waals surface area contributed by atoms with Crippen molar-refractivity contribution in [3.8, 4) is 0 Å². The maximum atomic E-state index is 12.0. The molecule has 1 fully saturated rings. The maximum absolute atomic E-state index is 12.0. The van der Waals surface area contributed by atoms with Gasteiger partial charge in [-0.15, -0.1) is 0 Å². The third-order valence-corrected chi connectivity index (χ3v) is 3.69. The quantitative estimate of drug-likeness (QED) is 0.710. The number of anilines is 1. The van der Waals surface area contributed by atoms with Gasteiger partial charge in [0, 0.05) is 12.2 Å². The van der Waals surface area contributed by atoms with E-state index >= 15 is 0 Å². The number of benzene rings is 1. The fourth-order valence-corrected chi connectivity index (χ4v) is 2.63. The summed E-state index contributed by atoms with van der Waals surface area (Å²) in [6.07, 6.45) is 3.43. The van der Waals surface area contributed by atoms with Crippen LogP contribution in [0.5, 0.6) is 0 Å². The summed E-state index contributed by atoms with van der Waals surface area (Å²) in [6, 6.07) is 5.74. The molecule has 3 N–H and O–H groups in total. The molecule has 3 rings (SSSR count). The number of amides is 2. The lowest BCUT2D eigenvalue weighted by atomic mass is 10.1. The zero-order valence-electron chi connectivity index (χ0n) is 10.7. The zero-order chi connectivity index (χ0) is 13.2. The van der Waals surface area contributed by atoms with Gasteiger partial charge in [-0.3, -0.25) is 14.9 Å². The molecule has 1 atom stereocenters. The smallest absolute Gasteiger partial charge is 0.243 e. The first-order valence-corrected chi connectivity index (χ1v) is 6.65. The molecule has 1 saturated heterocycles. The van der Waals surface area contributed by atoms with Crippen LogP contribution in [-0.4, -0.2) is 30.9 Å². The number of hydrogen-bond acceptors (Lipinski definition) is 3. The lowest BCUT2D eigenvalue weighted by Crippen LogP contribution is -2.56. The molecule has 5 nitrogen and oxygen atoms in total. The monoisotopic (exact) mass is 259 g/mol. The van der Waals surface area contributed by atoms with E-state index in [1.54, 1.807) is 0 Å². The van der Waals surface area contributed by atoms with Gasteiger partial charge in [0.25, 0.3) is 0 Å². The molecule has 5 heteroatoms. The van der Waals surface area contributed by atoms with Crippen LogP contribution in [0.3, 0.4) is 0 Å². The lowest BCUT2D eigenvalue weighted by molar-refractivity contribution is -0.124. The van der Waals surface area contributed by atoms with Gasteiger partial charge < -0.3 is 10.6 Å². The van der Waals surface area contributed by atoms with Crippen molar-refractivity contribution in [2.24, 2.45) is 0 Å². The van der Waals surface area contributed by atoms with Gasteiger partial charge in [-0.2, -0.15) is 0 Å². The Balaban J connectivity index is 1.64. The Morgan fingerprint density at radius 1 is 1.26 bits per heavy atom. The third-order valence-electron chi connectivity index (χ3n) is 3.69. The molecule has 1 aromatic rings. The molecule has 1 unspecified atom stereocenters. The van der Waals surface area contributed by atoms with Crippen molar-refractivity contribution >= 4 is 17.5 Å². The second-order valence-electron chi connectivity index (χ2n) is 5.06. The van der Waals surface area contributed by atoms with E-state index in [0.29, 0.717) is 6.54 Å². The van der Waals surface area contributed by atoms with Gasteiger partial charge in [0.2, 0.25) is 11.8 Å². The number of fused-ring (bicyclic) bond motifs is 1. The molecular weight excluding hydrogens is 242 g/mol. The Morgan fingerprint density at radius 2 is 2.11 bits per heavy atom. The molecule has 0 aromatic heterocycles. The van der Waals surface area contributed by atoms with E-state index < -0.39 is 0 Å². The van der Waals surface area contributed by atoms with Crippen LogP contribution in [0.25, 0.3) is 0 Å². The first-order chi connectivity index (χ1) is 9.22. The van der Waals surface area contributed by atoms with Crippen LogP contribution in [0.15, 0.2) is 18.2 Å². The number of aryl methyl sites for hydroxylation is 2. The highest BCUT2D eigenvalue weighted by Gasteiger charge is 2.23. The van der Waals surface area contributed by atoms with E-state index in [2.05, 4.69) is 28.1 Å². The molecule has 1 aliphatic heterocycles. The Kier molecular flexibility index (Phi) is 3.21. The van der Waals surface area contributed by atoms with E-state index in [9.17, 15) is 9.59 Å². The van der Waals surface area contributed by atoms with Gasteiger partial charge in [-0.25, -0.2) is 0 Å². The van der Waals surface area contributed by atoms with Gasteiger partial charge in [0.05, 0.1) is 6.54 Å². The van der Waals surface area contributed by atoms with Crippen molar-refractivity contribution in [3.05, 3.63) is 29.3 Å². The lowest BCUT2D eigenvalue weighted by Gasteiger charge is -2.23. The maximum Gasteiger partial charge on any atom is 0.243 e. The van der Waals surface area contributed by atoms with E-state index in [1.165, 1.54) is 17.5 Å². The van der Waals surface area contributed by atoms with E-state index in [0.717, 1.165) is 18.5 Å². The molecule has 2 amide bonds. The summed E-state index contributed by atoms with van der Waals surface area (Å²) in [5.41, 5.74) is 3.56. The van der Waals surface area contributed by atoms with Crippen LogP contribution in [0.1, 0.15) is 17.5 Å². The van der Waals surface area contributed by atoms with E-state index in [-0.39, 0.29) is 24.4 Å². The number of nitrogens with one attached hydrogen (secondary N) is 3. The normalized spacial score (nSPS) is 21.7. The van der Waals surface area contributed by atoms with Gasteiger partial charge >= 0.3 is 0 Å². The topological polar surface area (TPSA) is 70.2 Å². The summed E-state index contributed by atoms with van der Waals surface area (Å²) in [5, 5.41) is 8.50. The Morgan fingerprint density at radius 3 is 2.89 bits per heavy atom.